The third kappa shape index (κ3) is 14.6. The lowest BCUT2D eigenvalue weighted by atomic mass is 9.77. The molecule has 0 radical (unpaired) electrons. The van der Waals surface area contributed by atoms with E-state index in [1.807, 2.05) is 0 Å². The molecule has 0 spiro atoms. The number of ether oxygens (including phenoxy) is 1. The number of hydrogen-bond acceptors (Lipinski definition) is 13. The Kier molecular flexibility index (Phi) is 19.2. The van der Waals surface area contributed by atoms with Crippen LogP contribution in [0.15, 0.2) is 0 Å². The summed E-state index contributed by atoms with van der Waals surface area (Å²) in [5.74, 6) is 2.58. The van der Waals surface area contributed by atoms with E-state index in [1.54, 1.807) is 0 Å². The summed E-state index contributed by atoms with van der Waals surface area (Å²) in [6, 6.07) is 1.81. The molecular formula is C60H116N12O. The largest absolute Gasteiger partial charge is 0.378 e. The van der Waals surface area contributed by atoms with Crippen molar-refractivity contribution in [3.8, 4) is 0 Å². The summed E-state index contributed by atoms with van der Waals surface area (Å²) >= 11 is 0. The van der Waals surface area contributed by atoms with Crippen LogP contribution < -0.4 is 20.0 Å². The molecule has 0 unspecified atom stereocenters. The molecule has 13 heteroatoms. The molecule has 73 heavy (non-hydrogen) atoms. The van der Waals surface area contributed by atoms with E-state index in [0.717, 1.165) is 95.6 Å². The summed E-state index contributed by atoms with van der Waals surface area (Å²) in [5.41, 5.74) is 0.931. The molecule has 6 rings (SSSR count). The van der Waals surface area contributed by atoms with Crippen LogP contribution in [0.2, 0.25) is 0 Å². The van der Waals surface area contributed by atoms with Gasteiger partial charge in [0.1, 0.15) is 0 Å². The highest BCUT2D eigenvalue weighted by Crippen LogP contribution is 2.44. The number of morpholine rings is 1. The van der Waals surface area contributed by atoms with Gasteiger partial charge in [-0.05, 0) is 236 Å². The minimum Gasteiger partial charge on any atom is -0.378 e. The third-order valence-corrected chi connectivity index (χ3v) is 20.5. The van der Waals surface area contributed by atoms with E-state index in [4.69, 9.17) is 19.7 Å². The van der Waals surface area contributed by atoms with Crippen molar-refractivity contribution >= 4 is 17.8 Å². The first-order valence-corrected chi connectivity index (χ1v) is 29.7. The average molecular weight is 1020 g/mol. The Labute approximate surface area is 450 Å². The summed E-state index contributed by atoms with van der Waals surface area (Å²) in [4.78, 5) is 37.7. The van der Waals surface area contributed by atoms with Crippen molar-refractivity contribution in [3.63, 3.8) is 0 Å². The van der Waals surface area contributed by atoms with Gasteiger partial charge in [0.25, 0.3) is 0 Å². The molecule has 0 aromatic carbocycles. The van der Waals surface area contributed by atoms with Gasteiger partial charge in [-0.2, -0.15) is 15.0 Å². The molecule has 1 aromatic heterocycles. The summed E-state index contributed by atoms with van der Waals surface area (Å²) < 4.78 is 5.93. The lowest BCUT2D eigenvalue weighted by Crippen LogP contribution is -2.63. The van der Waals surface area contributed by atoms with E-state index in [2.05, 4.69) is 191 Å². The number of aromatic nitrogens is 3. The zero-order valence-corrected chi connectivity index (χ0v) is 51.6. The quantitative estimate of drug-likeness (QED) is 0.119. The molecule has 13 nitrogen and oxygen atoms in total. The zero-order chi connectivity index (χ0) is 54.2. The highest BCUT2D eigenvalue weighted by atomic mass is 16.5. The number of unbranched alkanes of at least 4 members (excludes halogenated alkanes) is 6. The molecule has 5 aliphatic rings. The number of nitrogens with one attached hydrogen (secondary N) is 1. The Bertz CT molecular complexity index is 1830. The topological polar surface area (TPSA) is 85.8 Å². The van der Waals surface area contributed by atoms with Crippen LogP contribution in [0.25, 0.3) is 0 Å². The van der Waals surface area contributed by atoms with Crippen LogP contribution in [0.1, 0.15) is 214 Å². The molecular weight excluding hydrogens is 905 g/mol. The van der Waals surface area contributed by atoms with Gasteiger partial charge in [0, 0.05) is 94.7 Å². The molecule has 0 bridgehead atoms. The second-order valence-electron chi connectivity index (χ2n) is 29.5. The number of nitrogens with zero attached hydrogens (tertiary/aromatic N) is 11. The van der Waals surface area contributed by atoms with Crippen molar-refractivity contribution in [1.82, 2.24) is 44.8 Å². The normalized spacial score (nSPS) is 26.1. The van der Waals surface area contributed by atoms with E-state index >= 15 is 0 Å². The van der Waals surface area contributed by atoms with Crippen molar-refractivity contribution in [1.29, 1.82) is 0 Å². The summed E-state index contributed by atoms with van der Waals surface area (Å²) in [5, 5.41) is 4.00. The Morgan fingerprint density at radius 3 is 1.15 bits per heavy atom. The predicted octanol–water partition coefficient (Wildman–Crippen LogP) is 10.6. The second kappa shape index (κ2) is 23.2. The van der Waals surface area contributed by atoms with Gasteiger partial charge in [-0.3, -0.25) is 19.6 Å². The standard InChI is InChI=1S/C60H116N12O/c1-53(2)38-46(39-54(3,4)66(53)18)61-30-26-22-23-28-32-71(48-42-57(9,10)68(20)58(11,12)43-48)51-62-50(70-34-36-73-37-35-70)63-52(64-51)72(49-44-59(13,14)69(21)60(15,16)45-49)33-29-25-24-27-31-65(17)47-40-55(5,6)67(19)56(7,8)41-47/h46-49,61H,22-45H2,1-21H3. The van der Waals surface area contributed by atoms with Gasteiger partial charge < -0.3 is 29.7 Å². The van der Waals surface area contributed by atoms with Crippen LogP contribution in [-0.2, 0) is 4.74 Å². The first kappa shape index (κ1) is 60.4. The van der Waals surface area contributed by atoms with E-state index in [-0.39, 0.29) is 44.3 Å². The number of piperidine rings is 4. The van der Waals surface area contributed by atoms with Crippen LogP contribution in [0.5, 0.6) is 0 Å². The van der Waals surface area contributed by atoms with Gasteiger partial charge in [0.2, 0.25) is 17.8 Å². The van der Waals surface area contributed by atoms with Crippen LogP contribution in [0.4, 0.5) is 17.8 Å². The van der Waals surface area contributed by atoms with Crippen molar-refractivity contribution in [2.24, 2.45) is 0 Å². The van der Waals surface area contributed by atoms with Gasteiger partial charge in [-0.15, -0.1) is 0 Å². The lowest BCUT2D eigenvalue weighted by Gasteiger charge is -2.56. The van der Waals surface area contributed by atoms with Crippen LogP contribution in [-0.4, -0.2) is 196 Å². The minimum atomic E-state index is 0.0301. The van der Waals surface area contributed by atoms with Crippen molar-refractivity contribution in [2.75, 3.05) is 102 Å². The zero-order valence-electron chi connectivity index (χ0n) is 51.6. The molecule has 6 heterocycles. The van der Waals surface area contributed by atoms with E-state index in [9.17, 15) is 0 Å². The number of likely N-dealkylation sites (tertiary alicyclic amines) is 4. The summed E-state index contributed by atoms with van der Waals surface area (Å²) in [6.07, 6.45) is 18.7. The minimum absolute atomic E-state index is 0.0301. The van der Waals surface area contributed by atoms with Crippen LogP contribution in [0, 0.1) is 0 Å². The van der Waals surface area contributed by atoms with Gasteiger partial charge in [-0.1, -0.05) is 25.7 Å². The highest BCUT2D eigenvalue weighted by molar-refractivity contribution is 5.48. The highest BCUT2D eigenvalue weighted by Gasteiger charge is 2.49. The van der Waals surface area contributed by atoms with Crippen molar-refractivity contribution < 1.29 is 4.74 Å². The molecule has 1 N–H and O–H groups in total. The SMILES string of the molecule is CN(CCCCCCN(c1nc(N2CCOCC2)nc(N(CCCCCCNC2CC(C)(C)N(C)C(C)(C)C2)C2CC(C)(C)N(C)C(C)(C)C2)n1)C1CC(C)(C)N(C)C(C)(C)C1)C1CC(C)(C)N(C)C(C)(C)C1. The molecule has 5 fully saturated rings. The van der Waals surface area contributed by atoms with Crippen LogP contribution in [0.3, 0.4) is 0 Å². The maximum Gasteiger partial charge on any atom is 0.232 e. The van der Waals surface area contributed by atoms with Gasteiger partial charge in [0.15, 0.2) is 0 Å². The van der Waals surface area contributed by atoms with E-state index in [1.165, 1.54) is 64.2 Å². The Hall–Kier alpha value is -1.87. The van der Waals surface area contributed by atoms with E-state index in [0.29, 0.717) is 37.4 Å². The fourth-order valence-corrected chi connectivity index (χ4v) is 14.9. The third-order valence-electron chi connectivity index (χ3n) is 20.5. The molecule has 0 saturated carbocycles. The Morgan fingerprint density at radius 2 is 0.767 bits per heavy atom. The van der Waals surface area contributed by atoms with Gasteiger partial charge >= 0.3 is 0 Å². The fraction of sp³-hybridized carbons (Fsp3) is 0.950. The summed E-state index contributed by atoms with van der Waals surface area (Å²) in [6.45, 7) is 46.0. The first-order valence-electron chi connectivity index (χ1n) is 29.7. The summed E-state index contributed by atoms with van der Waals surface area (Å²) in [7, 11) is 11.7. The molecule has 0 amide bonds. The number of hydrogen-bond donors (Lipinski definition) is 1. The number of anilines is 3. The van der Waals surface area contributed by atoms with Gasteiger partial charge in [0.05, 0.1) is 13.2 Å². The lowest BCUT2D eigenvalue weighted by molar-refractivity contribution is -0.0426. The number of rotatable bonds is 21. The second-order valence-corrected chi connectivity index (χ2v) is 29.5. The Balaban J connectivity index is 1.24. The first-order chi connectivity index (χ1) is 33.7. The Morgan fingerprint density at radius 1 is 0.438 bits per heavy atom. The predicted molar refractivity (Wildman–Crippen MR) is 311 cm³/mol. The molecule has 1 aromatic rings. The maximum absolute atomic E-state index is 5.93. The molecule has 422 valence electrons. The molecule has 0 atom stereocenters. The average Bonchev–Trinajstić information content (AvgIpc) is 3.28. The van der Waals surface area contributed by atoms with Crippen molar-refractivity contribution in [2.45, 2.75) is 282 Å². The van der Waals surface area contributed by atoms with Crippen molar-refractivity contribution in [3.05, 3.63) is 0 Å². The fourth-order valence-electron chi connectivity index (χ4n) is 14.9. The smallest absolute Gasteiger partial charge is 0.232 e. The monoisotopic (exact) mass is 1020 g/mol. The molecule has 5 saturated heterocycles. The maximum atomic E-state index is 5.93. The molecule has 5 aliphatic heterocycles. The van der Waals surface area contributed by atoms with Gasteiger partial charge in [-0.25, -0.2) is 0 Å². The van der Waals surface area contributed by atoms with E-state index < -0.39 is 0 Å². The molecule has 0 aliphatic carbocycles. The van der Waals surface area contributed by atoms with Crippen LogP contribution >= 0.6 is 0 Å².